The van der Waals surface area contributed by atoms with Crippen molar-refractivity contribution in [3.63, 3.8) is 0 Å². The lowest BCUT2D eigenvalue weighted by Crippen LogP contribution is -2.07. The Bertz CT molecular complexity index is 1020. The van der Waals surface area contributed by atoms with Gasteiger partial charge in [0.05, 0.1) is 19.4 Å². The van der Waals surface area contributed by atoms with Crippen LogP contribution in [0.4, 0.5) is 5.13 Å². The van der Waals surface area contributed by atoms with Gasteiger partial charge in [-0.25, -0.2) is 4.98 Å². The van der Waals surface area contributed by atoms with Crippen LogP contribution in [0, 0.1) is 13.8 Å². The number of thiazole rings is 1. The van der Waals surface area contributed by atoms with E-state index in [-0.39, 0.29) is 5.91 Å². The molecule has 5 nitrogen and oxygen atoms in total. The molecular formula is C23H24N2O3S. The maximum atomic E-state index is 12.3. The van der Waals surface area contributed by atoms with Gasteiger partial charge in [-0.2, -0.15) is 0 Å². The van der Waals surface area contributed by atoms with Gasteiger partial charge in [0.25, 0.3) is 0 Å². The van der Waals surface area contributed by atoms with Crippen LogP contribution in [0.3, 0.4) is 0 Å². The summed E-state index contributed by atoms with van der Waals surface area (Å²) in [5.41, 5.74) is 3.98. The first-order valence-corrected chi connectivity index (χ1v) is 10.2. The maximum absolute atomic E-state index is 12.3. The first-order valence-electron chi connectivity index (χ1n) is 9.34. The molecule has 1 heterocycles. The van der Waals surface area contributed by atoms with E-state index in [4.69, 9.17) is 9.47 Å². The number of aromatic nitrogens is 1. The Morgan fingerprint density at radius 1 is 1.14 bits per heavy atom. The van der Waals surface area contributed by atoms with E-state index in [0.717, 1.165) is 21.7 Å². The van der Waals surface area contributed by atoms with Gasteiger partial charge in [0.2, 0.25) is 5.91 Å². The van der Waals surface area contributed by atoms with Gasteiger partial charge in [0.1, 0.15) is 0 Å². The minimum atomic E-state index is -0.234. The van der Waals surface area contributed by atoms with Gasteiger partial charge in [-0.15, -0.1) is 11.3 Å². The van der Waals surface area contributed by atoms with Crippen LogP contribution in [-0.2, 0) is 4.79 Å². The van der Waals surface area contributed by atoms with Crippen molar-refractivity contribution >= 4 is 28.5 Å². The molecule has 0 bridgehead atoms. The molecule has 0 spiro atoms. The van der Waals surface area contributed by atoms with Crippen LogP contribution in [-0.4, -0.2) is 24.6 Å². The summed E-state index contributed by atoms with van der Waals surface area (Å²) in [4.78, 5) is 18.0. The van der Waals surface area contributed by atoms with E-state index >= 15 is 0 Å². The maximum Gasteiger partial charge on any atom is 0.250 e. The zero-order chi connectivity index (χ0) is 20.8. The van der Waals surface area contributed by atoms with Crippen molar-refractivity contribution in [3.8, 4) is 22.8 Å². The normalized spacial score (nSPS) is 10.9. The number of benzene rings is 2. The summed E-state index contributed by atoms with van der Waals surface area (Å²) in [5.74, 6) is 1.08. The molecule has 0 aliphatic heterocycles. The van der Waals surface area contributed by atoms with Gasteiger partial charge in [0.15, 0.2) is 16.6 Å². The van der Waals surface area contributed by atoms with Gasteiger partial charge in [0, 0.05) is 16.5 Å². The van der Waals surface area contributed by atoms with Crippen molar-refractivity contribution in [1.29, 1.82) is 0 Å². The summed E-state index contributed by atoms with van der Waals surface area (Å²) in [6.07, 6.45) is 3.21. The molecule has 0 fully saturated rings. The van der Waals surface area contributed by atoms with Gasteiger partial charge in [-0.05, 0) is 44.5 Å². The van der Waals surface area contributed by atoms with E-state index in [2.05, 4.69) is 29.4 Å². The molecule has 2 aromatic carbocycles. The zero-order valence-electron chi connectivity index (χ0n) is 17.0. The predicted octanol–water partition coefficient (Wildman–Crippen LogP) is 5.49. The number of carbonyl (C=O) groups is 1. The first-order chi connectivity index (χ1) is 14.0. The molecule has 0 aliphatic carbocycles. The quantitative estimate of drug-likeness (QED) is 0.526. The lowest BCUT2D eigenvalue weighted by Gasteiger charge is -2.09. The van der Waals surface area contributed by atoms with E-state index < -0.39 is 0 Å². The van der Waals surface area contributed by atoms with Crippen LogP contribution >= 0.6 is 11.3 Å². The Hall–Kier alpha value is -3.12. The van der Waals surface area contributed by atoms with Crippen molar-refractivity contribution in [2.45, 2.75) is 20.8 Å². The highest BCUT2D eigenvalue weighted by Gasteiger charge is 2.11. The molecule has 1 amide bonds. The molecule has 0 unspecified atom stereocenters. The second kappa shape index (κ2) is 9.39. The van der Waals surface area contributed by atoms with Crippen molar-refractivity contribution in [3.05, 3.63) is 64.5 Å². The fourth-order valence-electron chi connectivity index (χ4n) is 2.81. The standard InChI is InChI=1S/C23H24N2O3S/c1-5-28-19-12-8-17(14-20(19)27-4)9-13-21(26)24-23-25-22(16(3)29-23)18-10-6-15(2)7-11-18/h6-14H,5H2,1-4H3,(H,24,25,26)/b13-9+. The minimum absolute atomic E-state index is 0.234. The smallest absolute Gasteiger partial charge is 0.250 e. The third kappa shape index (κ3) is 5.23. The fourth-order valence-corrected chi connectivity index (χ4v) is 3.65. The molecule has 0 aliphatic rings. The number of amides is 1. The monoisotopic (exact) mass is 408 g/mol. The highest BCUT2D eigenvalue weighted by Crippen LogP contribution is 2.31. The summed E-state index contributed by atoms with van der Waals surface area (Å²) in [6, 6.07) is 13.7. The average Bonchev–Trinajstić information content (AvgIpc) is 3.07. The number of hydrogen-bond donors (Lipinski definition) is 1. The molecule has 0 atom stereocenters. The number of nitrogens with zero attached hydrogens (tertiary/aromatic N) is 1. The average molecular weight is 409 g/mol. The second-order valence-electron chi connectivity index (χ2n) is 6.46. The Morgan fingerprint density at radius 2 is 1.90 bits per heavy atom. The number of nitrogens with one attached hydrogen (secondary N) is 1. The fraction of sp³-hybridized carbons (Fsp3) is 0.217. The molecular weight excluding hydrogens is 384 g/mol. The molecule has 1 N–H and O–H groups in total. The summed E-state index contributed by atoms with van der Waals surface area (Å²) < 4.78 is 10.8. The van der Waals surface area contributed by atoms with Crippen LogP contribution in [0.5, 0.6) is 11.5 Å². The number of carbonyl (C=O) groups excluding carboxylic acids is 1. The number of anilines is 1. The predicted molar refractivity (Wildman–Crippen MR) is 119 cm³/mol. The van der Waals surface area contributed by atoms with Gasteiger partial charge < -0.3 is 9.47 Å². The number of aryl methyl sites for hydroxylation is 2. The van der Waals surface area contributed by atoms with E-state index in [1.54, 1.807) is 13.2 Å². The number of hydrogen-bond acceptors (Lipinski definition) is 5. The van der Waals surface area contributed by atoms with Crippen LogP contribution in [0.2, 0.25) is 0 Å². The van der Waals surface area contributed by atoms with E-state index in [0.29, 0.717) is 23.2 Å². The molecule has 150 valence electrons. The minimum Gasteiger partial charge on any atom is -0.493 e. The summed E-state index contributed by atoms with van der Waals surface area (Å²) >= 11 is 1.46. The van der Waals surface area contributed by atoms with Crippen molar-refractivity contribution in [2.24, 2.45) is 0 Å². The third-order valence-corrected chi connectivity index (χ3v) is 5.15. The Balaban J connectivity index is 1.69. The van der Waals surface area contributed by atoms with Crippen molar-refractivity contribution in [2.75, 3.05) is 19.0 Å². The third-order valence-electron chi connectivity index (χ3n) is 4.27. The van der Waals surface area contributed by atoms with E-state index in [9.17, 15) is 4.79 Å². The molecule has 0 saturated heterocycles. The van der Waals surface area contributed by atoms with Gasteiger partial charge in [-0.3, -0.25) is 10.1 Å². The van der Waals surface area contributed by atoms with Crippen molar-refractivity contribution in [1.82, 2.24) is 4.98 Å². The Morgan fingerprint density at radius 3 is 2.59 bits per heavy atom. The lowest BCUT2D eigenvalue weighted by molar-refractivity contribution is -0.111. The van der Waals surface area contributed by atoms with E-state index in [1.807, 2.05) is 44.2 Å². The van der Waals surface area contributed by atoms with E-state index in [1.165, 1.54) is 23.0 Å². The number of methoxy groups -OCH3 is 1. The molecule has 6 heteroatoms. The summed E-state index contributed by atoms with van der Waals surface area (Å²) in [7, 11) is 1.59. The zero-order valence-corrected chi connectivity index (χ0v) is 17.8. The largest absolute Gasteiger partial charge is 0.493 e. The SMILES string of the molecule is CCOc1ccc(/C=C/C(=O)Nc2nc(-c3ccc(C)cc3)c(C)s2)cc1OC. The molecule has 3 rings (SSSR count). The second-order valence-corrected chi connectivity index (χ2v) is 7.66. The Labute approximate surface area is 175 Å². The first kappa shape index (κ1) is 20.6. The van der Waals surface area contributed by atoms with Crippen LogP contribution in [0.25, 0.3) is 17.3 Å². The van der Waals surface area contributed by atoms with Crippen LogP contribution < -0.4 is 14.8 Å². The highest BCUT2D eigenvalue weighted by molar-refractivity contribution is 7.16. The van der Waals surface area contributed by atoms with Crippen molar-refractivity contribution < 1.29 is 14.3 Å². The summed E-state index contributed by atoms with van der Waals surface area (Å²) in [6.45, 7) is 6.54. The topological polar surface area (TPSA) is 60.5 Å². The Kier molecular flexibility index (Phi) is 6.67. The molecule has 0 saturated carbocycles. The summed E-state index contributed by atoms with van der Waals surface area (Å²) in [5, 5.41) is 3.42. The van der Waals surface area contributed by atoms with Gasteiger partial charge >= 0.3 is 0 Å². The highest BCUT2D eigenvalue weighted by atomic mass is 32.1. The lowest BCUT2D eigenvalue weighted by atomic mass is 10.1. The molecule has 29 heavy (non-hydrogen) atoms. The number of rotatable bonds is 7. The molecule has 3 aromatic rings. The van der Waals surface area contributed by atoms with Crippen LogP contribution in [0.15, 0.2) is 48.5 Å². The molecule has 1 aromatic heterocycles. The number of ether oxygens (including phenoxy) is 2. The van der Waals surface area contributed by atoms with Gasteiger partial charge in [-0.1, -0.05) is 35.9 Å². The molecule has 0 radical (unpaired) electrons. The van der Waals surface area contributed by atoms with Crippen LogP contribution in [0.1, 0.15) is 22.9 Å².